The van der Waals surface area contributed by atoms with Crippen molar-refractivity contribution >= 4 is 11.8 Å². The highest BCUT2D eigenvalue weighted by Gasteiger charge is 2.36. The number of nitrogens with two attached hydrogens (primary N) is 1. The third kappa shape index (κ3) is 2.88. The number of nitrogens with zero attached hydrogens (tertiary/aromatic N) is 3. The standard InChI is InChI=1S/C13H22N4S/c1-9(14)3-2-8-18-13-16-15-12(10-4-5-10)17(13)11-6-7-11/h9-11H,2-8,14H2,1H3. The summed E-state index contributed by atoms with van der Waals surface area (Å²) in [5, 5.41) is 9.96. The van der Waals surface area contributed by atoms with Gasteiger partial charge >= 0.3 is 0 Å². The van der Waals surface area contributed by atoms with Gasteiger partial charge in [0.2, 0.25) is 0 Å². The van der Waals surface area contributed by atoms with E-state index in [1.54, 1.807) is 0 Å². The molecule has 0 amide bonds. The number of aromatic nitrogens is 3. The normalized spacial score (nSPS) is 21.2. The summed E-state index contributed by atoms with van der Waals surface area (Å²) in [6.45, 7) is 2.07. The number of rotatable bonds is 7. The second-order valence-electron chi connectivity index (χ2n) is 5.68. The van der Waals surface area contributed by atoms with Crippen LogP contribution >= 0.6 is 11.8 Å². The van der Waals surface area contributed by atoms with Gasteiger partial charge in [-0.1, -0.05) is 11.8 Å². The zero-order valence-electron chi connectivity index (χ0n) is 11.0. The zero-order valence-corrected chi connectivity index (χ0v) is 11.8. The summed E-state index contributed by atoms with van der Waals surface area (Å²) in [4.78, 5) is 0. The maximum absolute atomic E-state index is 5.77. The minimum atomic E-state index is 0.314. The van der Waals surface area contributed by atoms with E-state index in [4.69, 9.17) is 5.73 Å². The lowest BCUT2D eigenvalue weighted by atomic mass is 10.2. The van der Waals surface area contributed by atoms with E-state index < -0.39 is 0 Å². The average Bonchev–Trinajstić information content (AvgIpc) is 3.23. The Hall–Kier alpha value is -0.550. The molecular weight excluding hydrogens is 244 g/mol. The van der Waals surface area contributed by atoms with E-state index in [0.29, 0.717) is 18.0 Å². The quantitative estimate of drug-likeness (QED) is 0.609. The lowest BCUT2D eigenvalue weighted by Crippen LogP contribution is -2.14. The molecule has 5 heteroatoms. The van der Waals surface area contributed by atoms with Gasteiger partial charge in [-0.2, -0.15) is 0 Å². The molecule has 2 saturated carbocycles. The molecule has 2 aliphatic carbocycles. The van der Waals surface area contributed by atoms with Crippen LogP contribution in [-0.4, -0.2) is 26.6 Å². The largest absolute Gasteiger partial charge is 0.328 e. The van der Waals surface area contributed by atoms with Gasteiger partial charge in [0, 0.05) is 23.8 Å². The summed E-state index contributed by atoms with van der Waals surface area (Å²) >= 11 is 1.86. The van der Waals surface area contributed by atoms with Gasteiger partial charge in [0.25, 0.3) is 0 Å². The summed E-state index contributed by atoms with van der Waals surface area (Å²) in [6, 6.07) is 1.01. The van der Waals surface area contributed by atoms with Crippen molar-refractivity contribution in [2.45, 2.75) is 68.6 Å². The second-order valence-corrected chi connectivity index (χ2v) is 6.75. The van der Waals surface area contributed by atoms with Crippen LogP contribution in [0, 0.1) is 0 Å². The molecular formula is C13H22N4S. The summed E-state index contributed by atoms with van der Waals surface area (Å²) in [5.41, 5.74) is 5.77. The first kappa shape index (κ1) is 12.5. The van der Waals surface area contributed by atoms with E-state index in [1.165, 1.54) is 37.9 Å². The first-order valence-corrected chi connectivity index (χ1v) is 8.07. The van der Waals surface area contributed by atoms with Crippen molar-refractivity contribution in [1.29, 1.82) is 0 Å². The van der Waals surface area contributed by atoms with Gasteiger partial charge in [-0.15, -0.1) is 10.2 Å². The summed E-state index contributed by atoms with van der Waals surface area (Å²) in [5.74, 6) is 3.07. The number of thioether (sulfide) groups is 1. The third-order valence-electron chi connectivity index (χ3n) is 3.58. The lowest BCUT2D eigenvalue weighted by Gasteiger charge is -2.08. The Bertz CT molecular complexity index is 407. The zero-order chi connectivity index (χ0) is 12.5. The molecule has 1 heterocycles. The van der Waals surface area contributed by atoms with Crippen LogP contribution in [0.1, 0.15) is 63.2 Å². The highest BCUT2D eigenvalue weighted by molar-refractivity contribution is 7.99. The van der Waals surface area contributed by atoms with Crippen molar-refractivity contribution in [3.05, 3.63) is 5.82 Å². The van der Waals surface area contributed by atoms with Crippen molar-refractivity contribution in [3.8, 4) is 0 Å². The first-order valence-electron chi connectivity index (χ1n) is 7.09. The van der Waals surface area contributed by atoms with Crippen LogP contribution in [0.15, 0.2) is 5.16 Å². The fraction of sp³-hybridized carbons (Fsp3) is 0.846. The molecule has 100 valence electrons. The Morgan fingerprint density at radius 1 is 1.33 bits per heavy atom. The topological polar surface area (TPSA) is 56.7 Å². The first-order chi connectivity index (χ1) is 8.75. The van der Waals surface area contributed by atoms with Crippen molar-refractivity contribution in [2.75, 3.05) is 5.75 Å². The lowest BCUT2D eigenvalue weighted by molar-refractivity contribution is 0.624. The Morgan fingerprint density at radius 2 is 2.11 bits per heavy atom. The Kier molecular flexibility index (Phi) is 3.61. The van der Waals surface area contributed by atoms with Gasteiger partial charge in [0.15, 0.2) is 5.16 Å². The molecule has 0 spiro atoms. The van der Waals surface area contributed by atoms with Crippen LogP contribution in [0.3, 0.4) is 0 Å². The van der Waals surface area contributed by atoms with E-state index >= 15 is 0 Å². The third-order valence-corrected chi connectivity index (χ3v) is 4.61. The number of hydrogen-bond acceptors (Lipinski definition) is 4. The van der Waals surface area contributed by atoms with Crippen LogP contribution in [0.5, 0.6) is 0 Å². The molecule has 2 fully saturated rings. The molecule has 4 nitrogen and oxygen atoms in total. The van der Waals surface area contributed by atoms with E-state index in [-0.39, 0.29) is 0 Å². The van der Waals surface area contributed by atoms with Crippen molar-refractivity contribution in [1.82, 2.24) is 14.8 Å². The minimum absolute atomic E-state index is 0.314. The average molecular weight is 266 g/mol. The van der Waals surface area contributed by atoms with Crippen molar-refractivity contribution in [3.63, 3.8) is 0 Å². The van der Waals surface area contributed by atoms with E-state index in [2.05, 4.69) is 21.7 Å². The monoisotopic (exact) mass is 266 g/mol. The smallest absolute Gasteiger partial charge is 0.191 e. The van der Waals surface area contributed by atoms with Gasteiger partial charge < -0.3 is 10.3 Å². The highest BCUT2D eigenvalue weighted by atomic mass is 32.2. The molecule has 2 aliphatic rings. The van der Waals surface area contributed by atoms with E-state index in [1.807, 2.05) is 11.8 Å². The second kappa shape index (κ2) is 5.21. The van der Waals surface area contributed by atoms with E-state index in [9.17, 15) is 0 Å². The summed E-state index contributed by atoms with van der Waals surface area (Å²) < 4.78 is 2.42. The van der Waals surface area contributed by atoms with Gasteiger partial charge in [-0.05, 0) is 45.4 Å². The molecule has 0 radical (unpaired) electrons. The van der Waals surface area contributed by atoms with Crippen LogP contribution in [0.25, 0.3) is 0 Å². The highest BCUT2D eigenvalue weighted by Crippen LogP contribution is 2.45. The predicted molar refractivity (Wildman–Crippen MR) is 73.9 cm³/mol. The minimum Gasteiger partial charge on any atom is -0.328 e. The molecule has 0 aromatic carbocycles. The molecule has 0 saturated heterocycles. The Balaban J connectivity index is 1.60. The van der Waals surface area contributed by atoms with Gasteiger partial charge in [-0.3, -0.25) is 0 Å². The fourth-order valence-electron chi connectivity index (χ4n) is 2.25. The van der Waals surface area contributed by atoms with Crippen LogP contribution in [-0.2, 0) is 0 Å². The fourth-order valence-corrected chi connectivity index (χ4v) is 3.23. The predicted octanol–water partition coefficient (Wildman–Crippen LogP) is 2.71. The Morgan fingerprint density at radius 3 is 2.72 bits per heavy atom. The molecule has 1 unspecified atom stereocenters. The maximum atomic E-state index is 5.77. The van der Waals surface area contributed by atoms with Gasteiger partial charge in [-0.25, -0.2) is 0 Å². The maximum Gasteiger partial charge on any atom is 0.191 e. The van der Waals surface area contributed by atoms with Crippen LogP contribution < -0.4 is 5.73 Å². The van der Waals surface area contributed by atoms with E-state index in [0.717, 1.165) is 17.3 Å². The number of hydrogen-bond donors (Lipinski definition) is 1. The molecule has 0 aliphatic heterocycles. The molecule has 0 bridgehead atoms. The SMILES string of the molecule is CC(N)CCCSc1nnc(C2CC2)n1C1CC1. The molecule has 2 N–H and O–H groups in total. The summed E-state index contributed by atoms with van der Waals surface area (Å²) in [6.07, 6.45) is 7.50. The van der Waals surface area contributed by atoms with Gasteiger partial charge in [0.1, 0.15) is 5.82 Å². The van der Waals surface area contributed by atoms with Crippen LogP contribution in [0.4, 0.5) is 0 Å². The summed E-state index contributed by atoms with van der Waals surface area (Å²) in [7, 11) is 0. The molecule has 18 heavy (non-hydrogen) atoms. The molecule has 1 atom stereocenters. The Labute approximate surface area is 113 Å². The van der Waals surface area contributed by atoms with Crippen molar-refractivity contribution < 1.29 is 0 Å². The molecule has 1 aromatic heterocycles. The van der Waals surface area contributed by atoms with Crippen LogP contribution in [0.2, 0.25) is 0 Å². The molecule has 3 rings (SSSR count). The molecule has 1 aromatic rings. The van der Waals surface area contributed by atoms with Crippen molar-refractivity contribution in [2.24, 2.45) is 5.73 Å². The van der Waals surface area contributed by atoms with Gasteiger partial charge in [0.05, 0.1) is 0 Å².